The third kappa shape index (κ3) is 19.7. The molecule has 0 saturated carbocycles. The Morgan fingerprint density at radius 3 is 0.681 bits per heavy atom. The van der Waals surface area contributed by atoms with E-state index in [2.05, 4.69) is 591 Å². The van der Waals surface area contributed by atoms with Gasteiger partial charge in [0.05, 0.1) is 44.3 Å². The minimum absolute atomic E-state index is 0. The Hall–Kier alpha value is -15.7. The van der Waals surface area contributed by atoms with Crippen molar-refractivity contribution in [3.63, 3.8) is 0 Å². The molecule has 1 aliphatic rings. The summed E-state index contributed by atoms with van der Waals surface area (Å²) in [4.78, 5) is 4.63. The summed E-state index contributed by atoms with van der Waals surface area (Å²) in [6.45, 7) is 8.41. The maximum Gasteiger partial charge on any atom is 0.494 e. The zero-order chi connectivity index (χ0) is 96.9. The van der Waals surface area contributed by atoms with Crippen molar-refractivity contribution in [2.24, 2.45) is 0 Å². The van der Waals surface area contributed by atoms with E-state index in [0.717, 1.165) is 59.9 Å². The number of hydrogen-bond acceptors (Lipinski definition) is 5. The van der Waals surface area contributed by atoms with Gasteiger partial charge in [0.25, 0.3) is 0 Å². The Morgan fingerprint density at radius 1 is 0.229 bits per heavy atom. The molecule has 1 N–H and O–H groups in total. The normalized spacial score (nSPS) is 12.4. The highest BCUT2D eigenvalue weighted by atomic mass is 127. The second kappa shape index (κ2) is 41.8. The predicted molar refractivity (Wildman–Crippen MR) is 629 cm³/mol. The van der Waals surface area contributed by atoms with Gasteiger partial charge in [-0.2, -0.15) is 0 Å². The van der Waals surface area contributed by atoms with Crippen LogP contribution < -0.4 is 20.6 Å². The highest BCUT2D eigenvalue weighted by Crippen LogP contribution is 2.47. The van der Waals surface area contributed by atoms with E-state index in [0.29, 0.717) is 0 Å². The summed E-state index contributed by atoms with van der Waals surface area (Å²) in [5.74, 6) is 0. The number of fused-ring (bicyclic) bond motifs is 12. The van der Waals surface area contributed by atoms with Crippen molar-refractivity contribution >= 4 is 189 Å². The smallest absolute Gasteiger partial charge is 0.399 e. The molecule has 7 nitrogen and oxygen atoms in total. The zero-order valence-electron chi connectivity index (χ0n) is 79.5. The fraction of sp³-hybridized carbons (Fsp3) is 0.0526. The van der Waals surface area contributed by atoms with E-state index in [1.165, 1.54) is 158 Å². The Balaban J connectivity index is 0.000000114. The van der Waals surface area contributed by atoms with Gasteiger partial charge in [-0.25, -0.2) is 0 Å². The first-order chi connectivity index (χ1) is 70.1. The Bertz CT molecular complexity index is 8220. The standard InChI is InChI=1S/C48H32N2.C30H22BrN.C24H22BNO2.C24H19N.C6H4BrI.CH4/c1-3-11-33(12-4-1)35-19-25-39(26-20-35)49(40-27-21-36(22-28-40)34-13-5-2-6-14-34)41-29-23-37(24-30-41)38-31-44-42-15-7-9-17-46(42)50-47-18-10-8-16-43(47)45(32-38)48(44)50;31-27-15-21-30(22-16-27)32(28-17-11-25(12-18-28)23-7-3-1-4-8-23)29-19-13-26(14-20-29)24-9-5-2-6-10-24;1-23(2)24(3,4)28-25(27-23)15-13-18-16-9-5-7-11-20(16)26-21-12-8-6-10-17(21)19(14-15)22(18)26;1-3-7-19(8-4-1)21-11-15-23(16-12-21)25-24-17-13-22(14-18-24)20-9-5-2-6-10-20;7-5-1-3-6(8)4-2-5;/h1-32H;1-22H;5-14H,1-4H3;1-18,25H;1-4H;1H4. The van der Waals surface area contributed by atoms with Gasteiger partial charge in [0.1, 0.15) is 0 Å². The molecule has 25 aromatic rings. The molecule has 1 fully saturated rings. The summed E-state index contributed by atoms with van der Waals surface area (Å²) in [5, 5.41) is 13.7. The van der Waals surface area contributed by atoms with Gasteiger partial charge in [-0.1, -0.05) is 391 Å². The maximum absolute atomic E-state index is 6.36. The first-order valence-corrected chi connectivity index (χ1v) is 51.1. The molecule has 1 saturated heterocycles. The van der Waals surface area contributed by atoms with E-state index in [-0.39, 0.29) is 25.7 Å². The molecule has 0 bridgehead atoms. The molecular formula is C133H103BBr2IN5O2. The van der Waals surface area contributed by atoms with Crippen LogP contribution in [-0.4, -0.2) is 27.1 Å². The maximum atomic E-state index is 6.36. The van der Waals surface area contributed by atoms with E-state index in [1.807, 2.05) is 36.4 Å². The highest BCUT2D eigenvalue weighted by molar-refractivity contribution is 14.1. The number of halogens is 3. The van der Waals surface area contributed by atoms with Crippen molar-refractivity contribution in [3.8, 4) is 77.9 Å². The molecule has 1 aliphatic heterocycles. The number of para-hydroxylation sites is 4. The van der Waals surface area contributed by atoms with E-state index in [9.17, 15) is 0 Å². The number of hydrogen-bond donors (Lipinski definition) is 1. The lowest BCUT2D eigenvalue weighted by Gasteiger charge is -2.32. The van der Waals surface area contributed by atoms with Crippen LogP contribution >= 0.6 is 54.5 Å². The number of rotatable bonds is 16. The summed E-state index contributed by atoms with van der Waals surface area (Å²) < 4.78 is 21.0. The summed E-state index contributed by atoms with van der Waals surface area (Å²) >= 11 is 9.18. The van der Waals surface area contributed by atoms with E-state index < -0.39 is 0 Å². The van der Waals surface area contributed by atoms with Crippen LogP contribution in [0, 0.1) is 3.57 Å². The largest absolute Gasteiger partial charge is 0.494 e. The molecule has 0 radical (unpaired) electrons. The number of benzene rings is 21. The molecule has 4 aromatic heterocycles. The van der Waals surface area contributed by atoms with Gasteiger partial charge in [-0.15, -0.1) is 0 Å². The van der Waals surface area contributed by atoms with Crippen LogP contribution in [0.5, 0.6) is 0 Å². The Kier molecular flexibility index (Phi) is 27.5. The summed E-state index contributed by atoms with van der Waals surface area (Å²) in [5.41, 5.74) is 33.9. The SMILES string of the molecule is Brc1ccc(I)cc1.Brc1ccc(N(c2ccc(-c3ccccc3)cc2)c2ccc(-c3ccccc3)cc2)cc1.C.CC1(C)OB(c2cc3c4ccccc4n4c5ccccc5c(c2)c34)OC1(C)C.c1ccc(-c2ccc(N(c3ccc(-c4ccccc4)cc3)c3ccc(-c4cc5c6ccccc6n6c7ccccc7c(c4)c56)cc3)cc2)cc1.c1ccc(-c2ccc(Nc3ccc(-c4ccccc4)cc3)cc2)cc1. The Labute approximate surface area is 872 Å². The van der Waals surface area contributed by atoms with Gasteiger partial charge in [-0.05, 0) is 303 Å². The quantitative estimate of drug-likeness (QED) is 0.0772. The van der Waals surface area contributed by atoms with Crippen LogP contribution in [0.25, 0.3) is 154 Å². The second-order valence-electron chi connectivity index (χ2n) is 37.0. The number of nitrogens with one attached hydrogen (secondary N) is 1. The van der Waals surface area contributed by atoms with Gasteiger partial charge in [0.15, 0.2) is 0 Å². The topological polar surface area (TPSA) is 45.8 Å². The van der Waals surface area contributed by atoms with Crippen molar-refractivity contribution in [3.05, 3.63) is 534 Å². The average Bonchev–Trinajstić information content (AvgIpc) is 1.54. The average molecular weight is 2100 g/mol. The lowest BCUT2D eigenvalue weighted by Crippen LogP contribution is -2.41. The number of anilines is 8. The molecule has 696 valence electrons. The van der Waals surface area contributed by atoms with E-state index >= 15 is 0 Å². The van der Waals surface area contributed by atoms with Crippen LogP contribution in [0.4, 0.5) is 45.5 Å². The first-order valence-electron chi connectivity index (χ1n) is 48.4. The zero-order valence-corrected chi connectivity index (χ0v) is 84.8. The van der Waals surface area contributed by atoms with Crippen molar-refractivity contribution < 1.29 is 9.31 Å². The first kappa shape index (κ1) is 94.5. The molecule has 144 heavy (non-hydrogen) atoms. The van der Waals surface area contributed by atoms with Crippen LogP contribution in [0.15, 0.2) is 531 Å². The third-order valence-electron chi connectivity index (χ3n) is 27.5. The third-order valence-corrected chi connectivity index (χ3v) is 29.3. The van der Waals surface area contributed by atoms with Gasteiger partial charge in [0.2, 0.25) is 0 Å². The lowest BCUT2D eigenvalue weighted by atomic mass is 9.77. The molecule has 5 heterocycles. The van der Waals surface area contributed by atoms with Crippen LogP contribution in [0.1, 0.15) is 35.1 Å². The summed E-state index contributed by atoms with van der Waals surface area (Å²) in [7, 11) is -0.361. The monoisotopic (exact) mass is 2100 g/mol. The van der Waals surface area contributed by atoms with Crippen LogP contribution in [-0.2, 0) is 9.31 Å². The minimum atomic E-state index is -0.361. The fourth-order valence-corrected chi connectivity index (χ4v) is 20.5. The van der Waals surface area contributed by atoms with E-state index in [4.69, 9.17) is 9.31 Å². The molecule has 0 spiro atoms. The van der Waals surface area contributed by atoms with Gasteiger partial charge < -0.3 is 33.2 Å². The van der Waals surface area contributed by atoms with Crippen LogP contribution in [0.3, 0.4) is 0 Å². The molecule has 0 atom stereocenters. The molecule has 0 amide bonds. The van der Waals surface area contributed by atoms with Gasteiger partial charge >= 0.3 is 7.12 Å². The predicted octanol–water partition coefficient (Wildman–Crippen LogP) is 38.2. The molecule has 21 aromatic carbocycles. The molecule has 0 unspecified atom stereocenters. The van der Waals surface area contributed by atoms with Crippen molar-refractivity contribution in [2.75, 3.05) is 15.1 Å². The molecule has 0 aliphatic carbocycles. The van der Waals surface area contributed by atoms with Gasteiger partial charge in [-0.3, -0.25) is 0 Å². The molecule has 26 rings (SSSR count). The van der Waals surface area contributed by atoms with Crippen molar-refractivity contribution in [1.29, 1.82) is 0 Å². The van der Waals surface area contributed by atoms with Crippen molar-refractivity contribution in [1.82, 2.24) is 8.80 Å². The Morgan fingerprint density at radius 2 is 0.431 bits per heavy atom. The van der Waals surface area contributed by atoms with Crippen molar-refractivity contribution in [2.45, 2.75) is 46.3 Å². The second-order valence-corrected chi connectivity index (χ2v) is 40.1. The van der Waals surface area contributed by atoms with Crippen LogP contribution in [0.2, 0.25) is 0 Å². The lowest BCUT2D eigenvalue weighted by molar-refractivity contribution is 0.00578. The number of aromatic nitrogens is 2. The minimum Gasteiger partial charge on any atom is -0.399 e. The fourth-order valence-electron chi connectivity index (χ4n) is 19.6. The highest BCUT2D eigenvalue weighted by Gasteiger charge is 2.52. The molecular weight excluding hydrogens is 2000 g/mol. The molecule has 11 heteroatoms. The van der Waals surface area contributed by atoms with Gasteiger partial charge in [0, 0.05) is 101 Å². The summed E-state index contributed by atoms with van der Waals surface area (Å²) in [6, 6.07) is 185. The van der Waals surface area contributed by atoms with E-state index in [1.54, 1.807) is 0 Å². The summed E-state index contributed by atoms with van der Waals surface area (Å²) in [6.07, 6.45) is 0. The number of nitrogens with zero attached hydrogens (tertiary/aromatic N) is 4.